The van der Waals surface area contributed by atoms with Gasteiger partial charge in [-0.05, 0) is 23.1 Å². The first kappa shape index (κ1) is 14.8. The molecule has 0 heterocycles. The third-order valence-electron chi connectivity index (χ3n) is 4.10. The number of nitrogens with one attached hydrogen (secondary N) is 1. The lowest BCUT2D eigenvalue weighted by Crippen LogP contribution is -2.41. The van der Waals surface area contributed by atoms with Gasteiger partial charge in [-0.15, -0.1) is 0 Å². The van der Waals surface area contributed by atoms with Crippen LogP contribution in [0, 0.1) is 0 Å². The molecule has 0 radical (unpaired) electrons. The molecule has 1 aliphatic carbocycles. The molecular weight excluding hydrogens is 278 g/mol. The molecule has 0 aliphatic heterocycles. The number of ether oxygens (including phenoxy) is 1. The Morgan fingerprint density at radius 3 is 2.55 bits per heavy atom. The second-order valence-corrected chi connectivity index (χ2v) is 5.49. The molecule has 1 aliphatic rings. The molecule has 4 nitrogen and oxygen atoms in total. The van der Waals surface area contributed by atoms with Gasteiger partial charge in [-0.1, -0.05) is 54.6 Å². The number of carbonyl (C=O) groups excluding carboxylic acids is 1. The van der Waals surface area contributed by atoms with E-state index >= 15 is 0 Å². The Bertz CT molecular complexity index is 656. The summed E-state index contributed by atoms with van der Waals surface area (Å²) in [5.41, 5.74) is 2.77. The maximum absolute atomic E-state index is 12.5. The van der Waals surface area contributed by atoms with Crippen LogP contribution in [-0.2, 0) is 16.0 Å². The normalized spacial score (nSPS) is 21.2. The highest BCUT2D eigenvalue weighted by Crippen LogP contribution is 2.31. The maximum atomic E-state index is 12.5. The van der Waals surface area contributed by atoms with Crippen LogP contribution in [0.4, 0.5) is 0 Å². The molecule has 4 heteroatoms. The molecule has 3 rings (SSSR count). The van der Waals surface area contributed by atoms with Crippen molar-refractivity contribution in [1.82, 2.24) is 5.32 Å². The smallest absolute Gasteiger partial charge is 0.254 e. The van der Waals surface area contributed by atoms with E-state index in [2.05, 4.69) is 5.32 Å². The summed E-state index contributed by atoms with van der Waals surface area (Å²) in [6.07, 6.45) is -0.709. The van der Waals surface area contributed by atoms with E-state index in [4.69, 9.17) is 4.74 Å². The largest absolute Gasteiger partial charge is 0.386 e. The SMILES string of the molecule is CO[C@H](C(=O)N[C@H]1Cc2ccccc2[C@@H]1O)c1ccccc1. The molecule has 2 aromatic carbocycles. The molecule has 22 heavy (non-hydrogen) atoms. The van der Waals surface area contributed by atoms with Gasteiger partial charge in [0, 0.05) is 7.11 Å². The molecule has 0 spiro atoms. The van der Waals surface area contributed by atoms with Gasteiger partial charge in [0.15, 0.2) is 6.10 Å². The highest BCUT2D eigenvalue weighted by Gasteiger charge is 2.33. The Morgan fingerprint density at radius 2 is 1.86 bits per heavy atom. The summed E-state index contributed by atoms with van der Waals surface area (Å²) in [5.74, 6) is -0.231. The average Bonchev–Trinajstić information content (AvgIpc) is 2.86. The highest BCUT2D eigenvalue weighted by molar-refractivity contribution is 5.82. The fourth-order valence-electron chi connectivity index (χ4n) is 2.98. The monoisotopic (exact) mass is 297 g/mol. The van der Waals surface area contributed by atoms with Gasteiger partial charge in [-0.2, -0.15) is 0 Å². The van der Waals surface area contributed by atoms with Crippen molar-refractivity contribution in [1.29, 1.82) is 0 Å². The number of amides is 1. The Balaban J connectivity index is 1.72. The maximum Gasteiger partial charge on any atom is 0.254 e. The lowest BCUT2D eigenvalue weighted by atomic mass is 10.1. The summed E-state index contributed by atoms with van der Waals surface area (Å²) in [5, 5.41) is 13.3. The van der Waals surface area contributed by atoms with Crippen LogP contribution in [-0.4, -0.2) is 24.2 Å². The standard InChI is InChI=1S/C18H19NO3/c1-22-17(12-7-3-2-4-8-12)18(21)19-15-11-13-9-5-6-10-14(13)16(15)20/h2-10,15-17,20H,11H2,1H3,(H,19,21)/t15-,16-,17-/m0/s1. The summed E-state index contributed by atoms with van der Waals surface area (Å²) < 4.78 is 5.33. The van der Waals surface area contributed by atoms with Crippen molar-refractivity contribution in [2.75, 3.05) is 7.11 Å². The number of carbonyl (C=O) groups is 1. The number of benzene rings is 2. The topological polar surface area (TPSA) is 58.6 Å². The molecule has 0 fully saturated rings. The van der Waals surface area contributed by atoms with Crippen LogP contribution in [0.25, 0.3) is 0 Å². The van der Waals surface area contributed by atoms with E-state index in [1.54, 1.807) is 0 Å². The van der Waals surface area contributed by atoms with E-state index in [0.29, 0.717) is 6.42 Å². The third-order valence-corrected chi connectivity index (χ3v) is 4.10. The third kappa shape index (κ3) is 2.75. The molecule has 114 valence electrons. The van der Waals surface area contributed by atoms with Crippen LogP contribution in [0.2, 0.25) is 0 Å². The number of rotatable bonds is 4. The fraction of sp³-hybridized carbons (Fsp3) is 0.278. The Morgan fingerprint density at radius 1 is 1.18 bits per heavy atom. The van der Waals surface area contributed by atoms with Crippen molar-refractivity contribution in [3.8, 4) is 0 Å². The summed E-state index contributed by atoms with van der Waals surface area (Å²) in [6, 6.07) is 16.8. The van der Waals surface area contributed by atoms with Gasteiger partial charge < -0.3 is 15.2 Å². The van der Waals surface area contributed by atoms with Gasteiger partial charge >= 0.3 is 0 Å². The van der Waals surface area contributed by atoms with Crippen molar-refractivity contribution < 1.29 is 14.6 Å². The molecule has 0 bridgehead atoms. The zero-order valence-corrected chi connectivity index (χ0v) is 12.4. The molecule has 0 unspecified atom stereocenters. The van der Waals surface area contributed by atoms with Gasteiger partial charge in [-0.25, -0.2) is 0 Å². The predicted octanol–water partition coefficient (Wildman–Crippen LogP) is 2.15. The lowest BCUT2D eigenvalue weighted by molar-refractivity contribution is -0.133. The first-order valence-corrected chi connectivity index (χ1v) is 7.34. The molecule has 0 aromatic heterocycles. The van der Waals surface area contributed by atoms with Crippen LogP contribution >= 0.6 is 0 Å². The Hall–Kier alpha value is -2.17. The number of fused-ring (bicyclic) bond motifs is 1. The minimum Gasteiger partial charge on any atom is -0.386 e. The Labute approximate surface area is 129 Å². The first-order chi connectivity index (χ1) is 10.7. The summed E-state index contributed by atoms with van der Waals surface area (Å²) in [4.78, 5) is 12.5. The second-order valence-electron chi connectivity index (χ2n) is 5.49. The van der Waals surface area contributed by atoms with Crippen LogP contribution in [0.5, 0.6) is 0 Å². The minimum atomic E-state index is -0.673. The van der Waals surface area contributed by atoms with Gasteiger partial charge in [0.1, 0.15) is 0 Å². The first-order valence-electron chi connectivity index (χ1n) is 7.34. The van der Waals surface area contributed by atoms with Crippen molar-refractivity contribution in [2.45, 2.75) is 24.7 Å². The van der Waals surface area contributed by atoms with E-state index in [1.165, 1.54) is 7.11 Å². The molecule has 0 saturated heterocycles. The summed E-state index contributed by atoms with van der Waals surface area (Å²) >= 11 is 0. The molecule has 3 atom stereocenters. The van der Waals surface area contributed by atoms with Crippen LogP contribution in [0.1, 0.15) is 28.9 Å². The quantitative estimate of drug-likeness (QED) is 0.909. The van der Waals surface area contributed by atoms with Crippen LogP contribution < -0.4 is 5.32 Å². The van der Waals surface area contributed by atoms with Crippen molar-refractivity contribution in [3.05, 3.63) is 71.3 Å². The highest BCUT2D eigenvalue weighted by atomic mass is 16.5. The zero-order chi connectivity index (χ0) is 15.5. The molecule has 2 N–H and O–H groups in total. The number of hydrogen-bond acceptors (Lipinski definition) is 3. The lowest BCUT2D eigenvalue weighted by Gasteiger charge is -2.21. The molecule has 0 saturated carbocycles. The molecule has 2 aromatic rings. The number of aliphatic hydroxyl groups is 1. The molecule has 1 amide bonds. The predicted molar refractivity (Wildman–Crippen MR) is 83.2 cm³/mol. The van der Waals surface area contributed by atoms with Crippen molar-refractivity contribution in [2.24, 2.45) is 0 Å². The fourth-order valence-corrected chi connectivity index (χ4v) is 2.98. The van der Waals surface area contributed by atoms with E-state index in [1.807, 2.05) is 54.6 Å². The van der Waals surface area contributed by atoms with E-state index < -0.39 is 12.2 Å². The summed E-state index contributed by atoms with van der Waals surface area (Å²) in [7, 11) is 1.51. The average molecular weight is 297 g/mol. The van der Waals surface area contributed by atoms with Gasteiger partial charge in [0.05, 0.1) is 12.1 Å². The van der Waals surface area contributed by atoms with Crippen molar-refractivity contribution >= 4 is 5.91 Å². The van der Waals surface area contributed by atoms with Gasteiger partial charge in [-0.3, -0.25) is 4.79 Å². The Kier molecular flexibility index (Phi) is 4.22. The van der Waals surface area contributed by atoms with Gasteiger partial charge in [0.2, 0.25) is 0 Å². The number of hydrogen-bond donors (Lipinski definition) is 2. The van der Waals surface area contributed by atoms with Crippen LogP contribution in [0.3, 0.4) is 0 Å². The van der Waals surface area contributed by atoms with Gasteiger partial charge in [0.25, 0.3) is 5.91 Å². The number of methoxy groups -OCH3 is 1. The van der Waals surface area contributed by atoms with E-state index in [9.17, 15) is 9.90 Å². The van der Waals surface area contributed by atoms with Crippen LogP contribution in [0.15, 0.2) is 54.6 Å². The zero-order valence-electron chi connectivity index (χ0n) is 12.4. The molecular formula is C18H19NO3. The number of aliphatic hydroxyl groups excluding tert-OH is 1. The van der Waals surface area contributed by atoms with E-state index in [0.717, 1.165) is 16.7 Å². The minimum absolute atomic E-state index is 0.231. The van der Waals surface area contributed by atoms with E-state index in [-0.39, 0.29) is 11.9 Å². The second kappa shape index (κ2) is 6.30. The summed E-state index contributed by atoms with van der Waals surface area (Å²) in [6.45, 7) is 0. The van der Waals surface area contributed by atoms with Crippen molar-refractivity contribution in [3.63, 3.8) is 0 Å².